The molecule has 3 aromatic rings. The Labute approximate surface area is 217 Å². The molecule has 0 bridgehead atoms. The fourth-order valence-corrected chi connectivity index (χ4v) is 6.48. The van der Waals surface area contributed by atoms with Gasteiger partial charge in [0.25, 0.3) is 10.0 Å². The van der Waals surface area contributed by atoms with E-state index in [9.17, 15) is 8.42 Å². The van der Waals surface area contributed by atoms with Gasteiger partial charge in [0, 0.05) is 10.0 Å². The standard InChI is InChI=1S/C18H7Cl8NO3S/c19-7-1-10(21)16(11(22)2-7)30-17-12(23)5-9(6-13(17)24)27-31(28,29)18-14(25)3-8(20)4-15(18)26/h1-6,27H. The summed E-state index contributed by atoms with van der Waals surface area (Å²) in [4.78, 5) is -0.354. The largest absolute Gasteiger partial charge is 0.451 e. The van der Waals surface area contributed by atoms with Crippen LogP contribution in [-0.2, 0) is 10.0 Å². The average Bonchev–Trinajstić information content (AvgIpc) is 2.57. The molecule has 3 aromatic carbocycles. The summed E-state index contributed by atoms with van der Waals surface area (Å²) in [5.41, 5.74) is 0.0257. The van der Waals surface area contributed by atoms with Crippen LogP contribution in [0, 0.1) is 0 Å². The van der Waals surface area contributed by atoms with Crippen LogP contribution in [-0.4, -0.2) is 8.42 Å². The van der Waals surface area contributed by atoms with Crippen molar-refractivity contribution in [3.05, 3.63) is 76.6 Å². The van der Waals surface area contributed by atoms with E-state index in [0.29, 0.717) is 5.02 Å². The van der Waals surface area contributed by atoms with E-state index in [1.54, 1.807) is 0 Å². The second-order valence-electron chi connectivity index (χ2n) is 5.87. The first-order chi connectivity index (χ1) is 14.4. The molecular formula is C18H7Cl8NO3S. The number of rotatable bonds is 5. The number of sulfonamides is 1. The molecule has 0 saturated heterocycles. The number of hydrogen-bond donors (Lipinski definition) is 1. The molecule has 0 aromatic heterocycles. The number of anilines is 1. The van der Waals surface area contributed by atoms with Crippen LogP contribution in [0.5, 0.6) is 11.5 Å². The molecule has 3 rings (SSSR count). The van der Waals surface area contributed by atoms with Gasteiger partial charge in [-0.15, -0.1) is 0 Å². The van der Waals surface area contributed by atoms with E-state index < -0.39 is 10.0 Å². The third-order valence-corrected chi connectivity index (χ3v) is 7.51. The molecule has 0 atom stereocenters. The zero-order valence-electron chi connectivity index (χ0n) is 14.6. The lowest BCUT2D eigenvalue weighted by molar-refractivity contribution is 0.484. The highest BCUT2D eigenvalue weighted by atomic mass is 35.5. The second-order valence-corrected chi connectivity index (χ2v) is 10.8. The van der Waals surface area contributed by atoms with Crippen molar-refractivity contribution in [1.29, 1.82) is 0 Å². The van der Waals surface area contributed by atoms with Crippen LogP contribution < -0.4 is 9.46 Å². The number of nitrogens with one attached hydrogen (secondary N) is 1. The number of benzene rings is 3. The van der Waals surface area contributed by atoms with Gasteiger partial charge in [0.05, 0.1) is 35.8 Å². The summed E-state index contributed by atoms with van der Waals surface area (Å²) in [6.07, 6.45) is 0. The van der Waals surface area contributed by atoms with Crippen molar-refractivity contribution in [3.8, 4) is 11.5 Å². The van der Waals surface area contributed by atoms with Gasteiger partial charge in [0.2, 0.25) is 0 Å². The van der Waals surface area contributed by atoms with Crippen LogP contribution in [0.15, 0.2) is 41.3 Å². The molecule has 0 unspecified atom stereocenters. The van der Waals surface area contributed by atoms with E-state index >= 15 is 0 Å². The molecule has 0 amide bonds. The minimum atomic E-state index is -4.20. The first-order valence-corrected chi connectivity index (χ1v) is 12.4. The van der Waals surface area contributed by atoms with E-state index in [4.69, 9.17) is 97.5 Å². The molecule has 0 aliphatic rings. The Hall–Kier alpha value is -0.470. The lowest BCUT2D eigenvalue weighted by Gasteiger charge is -2.15. The quantitative estimate of drug-likeness (QED) is 0.317. The first kappa shape index (κ1) is 25.2. The van der Waals surface area contributed by atoms with Crippen molar-refractivity contribution in [2.24, 2.45) is 0 Å². The van der Waals surface area contributed by atoms with Crippen molar-refractivity contribution in [2.75, 3.05) is 4.72 Å². The molecule has 0 heterocycles. The highest BCUT2D eigenvalue weighted by Gasteiger charge is 2.24. The molecule has 164 valence electrons. The van der Waals surface area contributed by atoms with Crippen LogP contribution in [0.1, 0.15) is 0 Å². The minimum absolute atomic E-state index is 0.0000357. The van der Waals surface area contributed by atoms with Gasteiger partial charge in [-0.25, -0.2) is 8.42 Å². The Morgan fingerprint density at radius 2 is 0.935 bits per heavy atom. The summed E-state index contributed by atoms with van der Waals surface area (Å²) in [6, 6.07) is 7.90. The summed E-state index contributed by atoms with van der Waals surface area (Å²) in [7, 11) is -4.20. The SMILES string of the molecule is O=S(=O)(Nc1cc(Cl)c(Oc2c(Cl)cc(Cl)cc2Cl)c(Cl)c1)c1c(Cl)cc(Cl)cc1Cl. The minimum Gasteiger partial charge on any atom is -0.451 e. The van der Waals surface area contributed by atoms with Crippen molar-refractivity contribution in [2.45, 2.75) is 4.90 Å². The van der Waals surface area contributed by atoms with Crippen LogP contribution in [0.25, 0.3) is 0 Å². The molecule has 31 heavy (non-hydrogen) atoms. The van der Waals surface area contributed by atoms with Gasteiger partial charge in [0.15, 0.2) is 11.5 Å². The normalized spacial score (nSPS) is 11.5. The van der Waals surface area contributed by atoms with Crippen molar-refractivity contribution in [1.82, 2.24) is 0 Å². The highest BCUT2D eigenvalue weighted by Crippen LogP contribution is 2.44. The zero-order chi connectivity index (χ0) is 23.1. The first-order valence-electron chi connectivity index (χ1n) is 7.88. The summed E-state index contributed by atoms with van der Waals surface area (Å²) in [6.45, 7) is 0. The molecule has 0 fully saturated rings. The Morgan fingerprint density at radius 1 is 0.581 bits per heavy atom. The molecule has 4 nitrogen and oxygen atoms in total. The Morgan fingerprint density at radius 3 is 1.35 bits per heavy atom. The van der Waals surface area contributed by atoms with E-state index in [-0.39, 0.29) is 57.2 Å². The predicted octanol–water partition coefficient (Wildman–Crippen LogP) is 9.51. The Bertz CT molecular complexity index is 1230. The van der Waals surface area contributed by atoms with E-state index in [2.05, 4.69) is 4.72 Å². The van der Waals surface area contributed by atoms with Gasteiger partial charge >= 0.3 is 0 Å². The van der Waals surface area contributed by atoms with Gasteiger partial charge in [-0.3, -0.25) is 4.72 Å². The lowest BCUT2D eigenvalue weighted by atomic mass is 10.3. The summed E-state index contributed by atoms with van der Waals surface area (Å²) >= 11 is 48.5. The van der Waals surface area contributed by atoms with Crippen LogP contribution in [0.4, 0.5) is 5.69 Å². The monoisotopic (exact) mass is 597 g/mol. The van der Waals surface area contributed by atoms with Gasteiger partial charge in [-0.1, -0.05) is 92.8 Å². The second kappa shape index (κ2) is 9.80. The Kier molecular flexibility index (Phi) is 7.95. The molecule has 1 N–H and O–H groups in total. The van der Waals surface area contributed by atoms with E-state index in [0.717, 1.165) is 0 Å². The van der Waals surface area contributed by atoms with Gasteiger partial charge in [-0.2, -0.15) is 0 Å². The topological polar surface area (TPSA) is 55.4 Å². The molecule has 0 radical (unpaired) electrons. The third kappa shape index (κ3) is 5.72. The maximum Gasteiger partial charge on any atom is 0.264 e. The van der Waals surface area contributed by atoms with Crippen molar-refractivity contribution >= 4 is 109 Å². The lowest BCUT2D eigenvalue weighted by Crippen LogP contribution is -2.14. The van der Waals surface area contributed by atoms with Crippen LogP contribution in [0.2, 0.25) is 40.2 Å². The maximum absolute atomic E-state index is 12.8. The molecular weight excluding hydrogens is 594 g/mol. The number of halogens is 8. The zero-order valence-corrected chi connectivity index (χ0v) is 21.5. The van der Waals surface area contributed by atoms with Gasteiger partial charge in [0.1, 0.15) is 4.90 Å². The third-order valence-electron chi connectivity index (χ3n) is 3.65. The maximum atomic E-state index is 12.8. The van der Waals surface area contributed by atoms with Crippen LogP contribution >= 0.6 is 92.8 Å². The molecule has 0 aliphatic carbocycles. The fourth-order valence-electron chi connectivity index (χ4n) is 2.44. The Balaban J connectivity index is 1.96. The predicted molar refractivity (Wildman–Crippen MR) is 130 cm³/mol. The smallest absolute Gasteiger partial charge is 0.264 e. The van der Waals surface area contributed by atoms with E-state index in [1.807, 2.05) is 0 Å². The molecule has 0 aliphatic heterocycles. The molecule has 0 saturated carbocycles. The average molecular weight is 601 g/mol. The summed E-state index contributed by atoms with van der Waals surface area (Å²) in [5, 5.41) is 0.372. The summed E-state index contributed by atoms with van der Waals surface area (Å²) in [5.74, 6) is 0.0737. The van der Waals surface area contributed by atoms with Crippen molar-refractivity contribution in [3.63, 3.8) is 0 Å². The molecule has 0 spiro atoms. The van der Waals surface area contributed by atoms with Gasteiger partial charge < -0.3 is 4.74 Å². The summed E-state index contributed by atoms with van der Waals surface area (Å²) < 4.78 is 33.5. The fraction of sp³-hybridized carbons (Fsp3) is 0. The number of ether oxygens (including phenoxy) is 1. The molecule has 13 heteroatoms. The van der Waals surface area contributed by atoms with Crippen LogP contribution in [0.3, 0.4) is 0 Å². The highest BCUT2D eigenvalue weighted by molar-refractivity contribution is 7.93. The van der Waals surface area contributed by atoms with E-state index in [1.165, 1.54) is 36.4 Å². The number of hydrogen-bond acceptors (Lipinski definition) is 3. The van der Waals surface area contributed by atoms with Gasteiger partial charge in [-0.05, 0) is 36.4 Å². The van der Waals surface area contributed by atoms with Crippen molar-refractivity contribution < 1.29 is 13.2 Å².